The first-order chi connectivity index (χ1) is 20.0. The minimum atomic E-state index is -0.826. The second kappa shape index (κ2) is 12.2. The number of para-hydroxylation sites is 2. The van der Waals surface area contributed by atoms with Gasteiger partial charge in [-0.25, -0.2) is 14.8 Å². The average molecular weight is 564 g/mol. The normalized spacial score (nSPS) is 30.0. The molecule has 41 heavy (non-hydrogen) atoms. The van der Waals surface area contributed by atoms with E-state index in [0.29, 0.717) is 11.8 Å². The molecule has 2 saturated carbocycles. The van der Waals surface area contributed by atoms with E-state index in [4.69, 9.17) is 25.2 Å². The molecule has 6 rings (SSSR count). The van der Waals surface area contributed by atoms with Crippen molar-refractivity contribution in [2.24, 2.45) is 17.6 Å². The van der Waals surface area contributed by atoms with E-state index in [0.717, 1.165) is 93.8 Å². The maximum Gasteiger partial charge on any atom is 0.408 e. The van der Waals surface area contributed by atoms with Gasteiger partial charge >= 0.3 is 6.09 Å². The third-order valence-electron chi connectivity index (χ3n) is 9.51. The summed E-state index contributed by atoms with van der Waals surface area (Å²) in [5, 5.41) is 2.94. The first kappa shape index (κ1) is 27.7. The van der Waals surface area contributed by atoms with Crippen LogP contribution in [0.1, 0.15) is 82.7 Å². The minimum absolute atomic E-state index is 0.00790. The smallest absolute Gasteiger partial charge is 0.408 e. The molecule has 0 radical (unpaired) electrons. The lowest BCUT2D eigenvalue weighted by molar-refractivity contribution is -0.140. The summed E-state index contributed by atoms with van der Waals surface area (Å²) in [5.41, 5.74) is 8.16. The van der Waals surface area contributed by atoms with Gasteiger partial charge in [0, 0.05) is 6.42 Å². The van der Waals surface area contributed by atoms with Crippen LogP contribution >= 0.6 is 0 Å². The van der Waals surface area contributed by atoms with Gasteiger partial charge in [0.05, 0.1) is 17.6 Å². The quantitative estimate of drug-likeness (QED) is 0.563. The average Bonchev–Trinajstić information content (AvgIpc) is 3.73. The van der Waals surface area contributed by atoms with Gasteiger partial charge in [-0.05, 0) is 75.3 Å². The lowest BCUT2D eigenvalue weighted by atomic mass is 9.96. The molecule has 2 aliphatic carbocycles. The molecule has 1 aromatic carbocycles. The monoisotopic (exact) mass is 563 g/mol. The van der Waals surface area contributed by atoms with Crippen molar-refractivity contribution in [2.45, 2.75) is 108 Å². The molecule has 1 saturated heterocycles. The molecule has 3 amide bonds. The van der Waals surface area contributed by atoms with Crippen molar-refractivity contribution in [2.75, 3.05) is 6.54 Å². The molecule has 220 valence electrons. The van der Waals surface area contributed by atoms with Crippen molar-refractivity contribution in [1.29, 1.82) is 0 Å². The highest BCUT2D eigenvalue weighted by molar-refractivity contribution is 5.91. The number of ether oxygens (including phenoxy) is 2. The zero-order valence-corrected chi connectivity index (χ0v) is 23.6. The van der Waals surface area contributed by atoms with Gasteiger partial charge in [-0.1, -0.05) is 37.8 Å². The van der Waals surface area contributed by atoms with Crippen LogP contribution in [0.15, 0.2) is 24.3 Å². The molecule has 3 heterocycles. The fraction of sp³-hybridized carbons (Fsp3) is 0.645. The minimum Gasteiger partial charge on any atom is -0.471 e. The fourth-order valence-corrected chi connectivity index (χ4v) is 7.34. The third-order valence-corrected chi connectivity index (χ3v) is 9.51. The molecule has 10 nitrogen and oxygen atoms in total. The molecule has 1 unspecified atom stereocenters. The lowest BCUT2D eigenvalue weighted by Gasteiger charge is -2.31. The van der Waals surface area contributed by atoms with Crippen molar-refractivity contribution in [3.8, 4) is 5.88 Å². The van der Waals surface area contributed by atoms with E-state index in [9.17, 15) is 14.4 Å². The highest BCUT2D eigenvalue weighted by atomic mass is 16.6. The number of alkyl carbamates (subject to hydrolysis) is 1. The summed E-state index contributed by atoms with van der Waals surface area (Å²) >= 11 is 0. The number of amides is 3. The number of fused-ring (bicyclic) bond motifs is 5. The van der Waals surface area contributed by atoms with Crippen LogP contribution < -0.4 is 15.8 Å². The predicted molar refractivity (Wildman–Crippen MR) is 152 cm³/mol. The lowest BCUT2D eigenvalue weighted by Crippen LogP contribution is -2.55. The van der Waals surface area contributed by atoms with E-state index in [1.165, 1.54) is 4.90 Å². The van der Waals surface area contributed by atoms with E-state index in [1.807, 2.05) is 24.3 Å². The number of hydrogen-bond donors (Lipinski definition) is 2. The Morgan fingerprint density at radius 2 is 1.59 bits per heavy atom. The topological polar surface area (TPSA) is 137 Å². The number of carbonyl (C=O) groups excluding carboxylic acids is 3. The van der Waals surface area contributed by atoms with E-state index in [1.54, 1.807) is 0 Å². The van der Waals surface area contributed by atoms with Gasteiger partial charge in [0.1, 0.15) is 30.0 Å². The maximum atomic E-state index is 14.1. The van der Waals surface area contributed by atoms with E-state index >= 15 is 0 Å². The van der Waals surface area contributed by atoms with Crippen molar-refractivity contribution in [3.63, 3.8) is 0 Å². The molecule has 2 aliphatic heterocycles. The fourth-order valence-electron chi connectivity index (χ4n) is 7.34. The van der Waals surface area contributed by atoms with E-state index in [-0.39, 0.29) is 30.9 Å². The van der Waals surface area contributed by atoms with Crippen LogP contribution in [0.5, 0.6) is 5.88 Å². The number of nitrogens with one attached hydrogen (secondary N) is 1. The van der Waals surface area contributed by atoms with Gasteiger partial charge in [0.15, 0.2) is 0 Å². The first-order valence-electron chi connectivity index (χ1n) is 15.5. The number of aryl methyl sites for hydroxylation is 1. The summed E-state index contributed by atoms with van der Waals surface area (Å²) in [4.78, 5) is 51.0. The van der Waals surface area contributed by atoms with E-state index < -0.39 is 30.2 Å². The van der Waals surface area contributed by atoms with Crippen LogP contribution in [0.4, 0.5) is 4.79 Å². The number of benzene rings is 1. The number of aromatic nitrogens is 2. The molecule has 1 aromatic heterocycles. The summed E-state index contributed by atoms with van der Waals surface area (Å²) in [6.07, 6.45) is 10.5. The van der Waals surface area contributed by atoms with Crippen LogP contribution in [0.3, 0.4) is 0 Å². The Balaban J connectivity index is 1.32. The molecule has 10 heteroatoms. The van der Waals surface area contributed by atoms with Gasteiger partial charge in [0.25, 0.3) is 0 Å². The Kier molecular flexibility index (Phi) is 8.25. The molecule has 5 atom stereocenters. The zero-order chi connectivity index (χ0) is 28.3. The Morgan fingerprint density at radius 3 is 2.37 bits per heavy atom. The van der Waals surface area contributed by atoms with Gasteiger partial charge < -0.3 is 25.4 Å². The third kappa shape index (κ3) is 6.11. The highest BCUT2D eigenvalue weighted by Crippen LogP contribution is 2.35. The molecular formula is C31H41N5O5. The van der Waals surface area contributed by atoms with Crippen LogP contribution in [-0.2, 0) is 20.7 Å². The highest BCUT2D eigenvalue weighted by Gasteiger charge is 2.45. The first-order valence-corrected chi connectivity index (χ1v) is 15.5. The van der Waals surface area contributed by atoms with Crippen molar-refractivity contribution >= 4 is 28.9 Å². The second-order valence-electron chi connectivity index (χ2n) is 12.2. The Labute approximate surface area is 240 Å². The summed E-state index contributed by atoms with van der Waals surface area (Å²) in [6.45, 7) is 0.186. The number of primary amides is 1. The van der Waals surface area contributed by atoms with Gasteiger partial charge in [-0.3, -0.25) is 9.59 Å². The predicted octanol–water partition coefficient (Wildman–Crippen LogP) is 4.03. The van der Waals surface area contributed by atoms with Crippen LogP contribution in [0, 0.1) is 11.8 Å². The van der Waals surface area contributed by atoms with Gasteiger partial charge in [0.2, 0.25) is 17.7 Å². The number of hydrogen-bond acceptors (Lipinski definition) is 7. The van der Waals surface area contributed by atoms with Crippen LogP contribution in [-0.4, -0.2) is 63.6 Å². The van der Waals surface area contributed by atoms with Gasteiger partial charge in [-0.15, -0.1) is 0 Å². The molecule has 0 spiro atoms. The van der Waals surface area contributed by atoms with Crippen molar-refractivity contribution in [1.82, 2.24) is 20.2 Å². The number of nitrogens with zero attached hydrogens (tertiary/aromatic N) is 3. The Hall–Kier alpha value is -3.43. The zero-order valence-electron chi connectivity index (χ0n) is 23.6. The molecule has 3 N–H and O–H groups in total. The Bertz CT molecular complexity index is 1280. The molecule has 2 aromatic rings. The van der Waals surface area contributed by atoms with Crippen molar-refractivity contribution < 1.29 is 23.9 Å². The number of nitrogens with two attached hydrogens (primary N) is 1. The Morgan fingerprint density at radius 1 is 0.878 bits per heavy atom. The SMILES string of the molecule is NC(=O)[C@@H]1C[C@@H]2CN1C(=O)[C@H](C1CCCC1)NC(=O)OC1CCC[C@H]1CCCCCc1nc3ccccc3nc1O2. The summed E-state index contributed by atoms with van der Waals surface area (Å²) < 4.78 is 12.4. The standard InChI is InChI=1S/C31H41N5O5/c32-28(37)25-17-21-18-36(25)30(38)27(20-10-4-5-11-20)35-31(39)41-26-16-8-12-19(26)9-2-1-3-15-24-29(40-21)34-23-14-7-6-13-22(23)33-24/h6-7,13-14,19-21,25-27H,1-5,8-12,15-18H2,(H2,32,37)(H,35,39)/t19-,21-,25+,26?,27+/m1/s1. The van der Waals surface area contributed by atoms with Crippen LogP contribution in [0.2, 0.25) is 0 Å². The molecular weight excluding hydrogens is 522 g/mol. The summed E-state index contributed by atoms with van der Waals surface area (Å²) in [5.74, 6) is -0.0960. The molecule has 2 bridgehead atoms. The number of carbonyl (C=O) groups is 3. The van der Waals surface area contributed by atoms with E-state index in [2.05, 4.69) is 5.32 Å². The molecule has 4 aliphatic rings. The largest absolute Gasteiger partial charge is 0.471 e. The van der Waals surface area contributed by atoms with Crippen LogP contribution in [0.25, 0.3) is 11.0 Å². The summed E-state index contributed by atoms with van der Waals surface area (Å²) in [7, 11) is 0. The van der Waals surface area contributed by atoms with Gasteiger partial charge in [-0.2, -0.15) is 0 Å². The molecule has 3 fully saturated rings. The summed E-state index contributed by atoms with van der Waals surface area (Å²) in [6, 6.07) is 6.13. The second-order valence-corrected chi connectivity index (χ2v) is 12.2. The number of rotatable bonds is 2. The maximum absolute atomic E-state index is 14.1. The van der Waals surface area contributed by atoms with Crippen molar-refractivity contribution in [3.05, 3.63) is 30.0 Å².